The van der Waals surface area contributed by atoms with Crippen molar-refractivity contribution in [2.75, 3.05) is 33.0 Å². The van der Waals surface area contributed by atoms with Crippen LogP contribution >= 0.6 is 0 Å². The van der Waals surface area contributed by atoms with Crippen molar-refractivity contribution in [2.45, 2.75) is 26.7 Å². The molecule has 6 heteroatoms. The van der Waals surface area contributed by atoms with E-state index in [9.17, 15) is 0 Å². The fourth-order valence-corrected chi connectivity index (χ4v) is 1.83. The van der Waals surface area contributed by atoms with Crippen molar-refractivity contribution in [3.8, 4) is 0 Å². The van der Waals surface area contributed by atoms with Crippen LogP contribution in [0.5, 0.6) is 0 Å². The van der Waals surface area contributed by atoms with Gasteiger partial charge in [-0.05, 0) is 13.8 Å². The van der Waals surface area contributed by atoms with Crippen LogP contribution in [0, 0.1) is 15.3 Å². The van der Waals surface area contributed by atoms with Crippen LogP contribution in [0.2, 0.25) is 0 Å². The van der Waals surface area contributed by atoms with Gasteiger partial charge in [0.25, 0.3) is 0 Å². The van der Waals surface area contributed by atoms with E-state index in [1.165, 1.54) is 37.0 Å². The highest BCUT2D eigenvalue weighted by molar-refractivity contribution is 4.50. The topological polar surface area (TPSA) is 75.4 Å². The van der Waals surface area contributed by atoms with E-state index in [2.05, 4.69) is 13.8 Å². The summed E-state index contributed by atoms with van der Waals surface area (Å²) in [4.78, 5) is 8.25. The van der Waals surface area contributed by atoms with Gasteiger partial charge >= 0.3 is 0 Å². The number of quaternary nitrogens is 1. The van der Waals surface area contributed by atoms with E-state index in [4.69, 9.17) is 20.1 Å². The van der Waals surface area contributed by atoms with Gasteiger partial charge in [-0.2, -0.15) is 0 Å². The first kappa shape index (κ1) is 14.1. The molecule has 90 valence electrons. The van der Waals surface area contributed by atoms with Crippen molar-refractivity contribution < 1.29 is 14.3 Å². The molecule has 0 aromatic carbocycles. The highest BCUT2D eigenvalue weighted by atomic mass is 16.9. The summed E-state index contributed by atoms with van der Waals surface area (Å²) >= 11 is 0. The van der Waals surface area contributed by atoms with Gasteiger partial charge < -0.3 is 24.5 Å². The van der Waals surface area contributed by atoms with E-state index in [-0.39, 0.29) is 0 Å². The van der Waals surface area contributed by atoms with Crippen LogP contribution in [-0.4, -0.2) is 42.5 Å². The Morgan fingerprint density at radius 3 is 2.07 bits per heavy atom. The van der Waals surface area contributed by atoms with Crippen molar-refractivity contribution in [2.24, 2.45) is 0 Å². The van der Waals surface area contributed by atoms with Gasteiger partial charge in [0.1, 0.15) is 0 Å². The monoisotopic (exact) mass is 220 g/mol. The fraction of sp³-hybridized carbons (Fsp3) is 1.00. The predicted octanol–water partition coefficient (Wildman–Crippen LogP) is 1.37. The van der Waals surface area contributed by atoms with E-state index in [0.29, 0.717) is 0 Å². The Bertz CT molecular complexity index is 177. The van der Waals surface area contributed by atoms with E-state index >= 15 is 0 Å². The molecule has 6 nitrogen and oxygen atoms in total. The molecular weight excluding hydrogens is 200 g/mol. The highest BCUT2D eigenvalue weighted by Gasteiger charge is 2.29. The summed E-state index contributed by atoms with van der Waals surface area (Å²) in [5.74, 6) is 0. The van der Waals surface area contributed by atoms with Crippen LogP contribution in [-0.2, 0) is 4.74 Å². The third-order valence-corrected chi connectivity index (χ3v) is 2.76. The summed E-state index contributed by atoms with van der Waals surface area (Å²) in [5.41, 5.74) is 0. The lowest BCUT2D eigenvalue weighted by Gasteiger charge is -2.32. The summed E-state index contributed by atoms with van der Waals surface area (Å²) in [6, 6.07) is 0. The standard InChI is InChI=1S/C9H20NO.NO3/c1-3-10(9-11-4-2)7-5-6-8-10;2-1(3)4/h3-9H2,1-2H3;/q+1;-1. The van der Waals surface area contributed by atoms with Gasteiger partial charge in [0.15, 0.2) is 6.73 Å². The summed E-state index contributed by atoms with van der Waals surface area (Å²) in [6.45, 7) is 10.0. The Kier molecular flexibility index (Phi) is 6.98. The first-order chi connectivity index (χ1) is 7.06. The molecule has 0 aromatic heterocycles. The Hall–Kier alpha value is -0.880. The lowest BCUT2D eigenvalue weighted by atomic mass is 10.4. The highest BCUT2D eigenvalue weighted by Crippen LogP contribution is 2.18. The van der Waals surface area contributed by atoms with Crippen LogP contribution < -0.4 is 0 Å². The van der Waals surface area contributed by atoms with E-state index < -0.39 is 5.09 Å². The molecule has 1 saturated heterocycles. The normalized spacial score (nSPS) is 18.0. The first-order valence-electron chi connectivity index (χ1n) is 5.30. The van der Waals surface area contributed by atoms with Gasteiger partial charge in [0.05, 0.1) is 24.7 Å². The zero-order valence-corrected chi connectivity index (χ0v) is 9.48. The maximum absolute atomic E-state index is 8.25. The van der Waals surface area contributed by atoms with E-state index in [0.717, 1.165) is 13.3 Å². The minimum atomic E-state index is -1.75. The zero-order valence-electron chi connectivity index (χ0n) is 9.48. The molecular formula is C9H20N2O4. The second kappa shape index (κ2) is 7.42. The molecule has 15 heavy (non-hydrogen) atoms. The second-order valence-electron chi connectivity index (χ2n) is 3.66. The third-order valence-electron chi connectivity index (χ3n) is 2.76. The number of hydrogen-bond donors (Lipinski definition) is 0. The average Bonchev–Trinajstić information content (AvgIpc) is 2.63. The summed E-state index contributed by atoms with van der Waals surface area (Å²) in [7, 11) is 0. The van der Waals surface area contributed by atoms with Gasteiger partial charge in [-0.25, -0.2) is 0 Å². The summed E-state index contributed by atoms with van der Waals surface area (Å²) in [6.07, 6.45) is 2.78. The first-order valence-corrected chi connectivity index (χ1v) is 5.30. The second-order valence-corrected chi connectivity index (χ2v) is 3.66. The molecule has 1 rings (SSSR count). The Balaban J connectivity index is 0.000000423. The minimum absolute atomic E-state index is 0.861. The number of ether oxygens (including phenoxy) is 1. The molecule has 0 aliphatic carbocycles. The van der Waals surface area contributed by atoms with Gasteiger partial charge in [0.2, 0.25) is 0 Å². The molecule has 0 aromatic rings. The van der Waals surface area contributed by atoms with Gasteiger partial charge in [-0.15, -0.1) is 0 Å². The molecule has 0 N–H and O–H groups in total. The molecule has 0 radical (unpaired) electrons. The van der Waals surface area contributed by atoms with Gasteiger partial charge in [0, 0.05) is 19.4 Å². The van der Waals surface area contributed by atoms with Crippen LogP contribution in [0.15, 0.2) is 0 Å². The summed E-state index contributed by atoms with van der Waals surface area (Å²) < 4.78 is 6.69. The zero-order chi connectivity index (χ0) is 11.7. The molecule has 1 fully saturated rings. The Labute approximate surface area is 90.1 Å². The largest absolute Gasteiger partial charge is 0.356 e. The van der Waals surface area contributed by atoms with Crippen LogP contribution in [0.25, 0.3) is 0 Å². The molecule has 1 aliphatic rings. The fourth-order valence-electron chi connectivity index (χ4n) is 1.83. The average molecular weight is 220 g/mol. The number of hydrogen-bond acceptors (Lipinski definition) is 4. The van der Waals surface area contributed by atoms with E-state index in [1.807, 2.05) is 0 Å². The van der Waals surface area contributed by atoms with E-state index in [1.54, 1.807) is 0 Å². The number of nitrogens with zero attached hydrogens (tertiary/aromatic N) is 2. The van der Waals surface area contributed by atoms with Gasteiger partial charge in [-0.3, -0.25) is 0 Å². The van der Waals surface area contributed by atoms with Crippen LogP contribution in [0.1, 0.15) is 26.7 Å². The SMILES string of the molecule is CCOC[N+]1(CC)CCCC1.O=[N+]([O-])[O-]. The molecule has 0 bridgehead atoms. The lowest BCUT2D eigenvalue weighted by molar-refractivity contribution is -0.933. The smallest absolute Gasteiger partial charge is 0.183 e. The molecule has 0 saturated carbocycles. The Morgan fingerprint density at radius 2 is 1.73 bits per heavy atom. The van der Waals surface area contributed by atoms with Crippen molar-refractivity contribution >= 4 is 0 Å². The molecule has 0 spiro atoms. The molecule has 0 amide bonds. The molecule has 0 unspecified atom stereocenters. The maximum Gasteiger partial charge on any atom is 0.183 e. The van der Waals surface area contributed by atoms with Crippen molar-refractivity contribution in [3.05, 3.63) is 15.3 Å². The third kappa shape index (κ3) is 6.24. The van der Waals surface area contributed by atoms with Crippen molar-refractivity contribution in [1.82, 2.24) is 0 Å². The molecule has 0 atom stereocenters. The number of likely N-dealkylation sites (tertiary alicyclic amines) is 1. The van der Waals surface area contributed by atoms with Crippen LogP contribution in [0.3, 0.4) is 0 Å². The maximum atomic E-state index is 8.25. The van der Waals surface area contributed by atoms with Gasteiger partial charge in [-0.1, -0.05) is 0 Å². The molecule has 1 heterocycles. The summed E-state index contributed by atoms with van der Waals surface area (Å²) in [5, 5.41) is 14.8. The predicted molar refractivity (Wildman–Crippen MR) is 56.6 cm³/mol. The quantitative estimate of drug-likeness (QED) is 0.407. The lowest BCUT2D eigenvalue weighted by Crippen LogP contribution is -2.46. The molecule has 1 aliphatic heterocycles. The van der Waals surface area contributed by atoms with Crippen molar-refractivity contribution in [3.63, 3.8) is 0 Å². The minimum Gasteiger partial charge on any atom is -0.356 e. The van der Waals surface area contributed by atoms with Crippen LogP contribution in [0.4, 0.5) is 0 Å². The Morgan fingerprint density at radius 1 is 1.27 bits per heavy atom. The number of rotatable bonds is 4. The van der Waals surface area contributed by atoms with Crippen molar-refractivity contribution in [1.29, 1.82) is 0 Å².